The number of methoxy groups -OCH3 is 1. The first-order chi connectivity index (χ1) is 12.7. The van der Waals surface area contributed by atoms with Crippen LogP contribution < -0.4 is 4.74 Å². The maximum absolute atomic E-state index is 13.0. The van der Waals surface area contributed by atoms with Crippen LogP contribution in [0, 0.1) is 5.41 Å². The molecule has 0 radical (unpaired) electrons. The lowest BCUT2D eigenvalue weighted by molar-refractivity contribution is 0.0722. The van der Waals surface area contributed by atoms with Crippen molar-refractivity contribution in [3.05, 3.63) is 36.0 Å². The van der Waals surface area contributed by atoms with E-state index in [1.165, 1.54) is 32.1 Å². The third-order valence-electron chi connectivity index (χ3n) is 6.33. The van der Waals surface area contributed by atoms with Crippen molar-refractivity contribution in [3.63, 3.8) is 0 Å². The molecule has 136 valence electrons. The van der Waals surface area contributed by atoms with Gasteiger partial charge in [0.1, 0.15) is 12.2 Å². The van der Waals surface area contributed by atoms with Gasteiger partial charge in [0.25, 0.3) is 5.91 Å². The normalized spacial score (nSPS) is 23.9. The Morgan fingerprint density at radius 2 is 2.15 bits per heavy atom. The van der Waals surface area contributed by atoms with Gasteiger partial charge in [-0.2, -0.15) is 0 Å². The largest absolute Gasteiger partial charge is 0.481 e. The number of rotatable bonds is 4. The van der Waals surface area contributed by atoms with Gasteiger partial charge in [-0.25, -0.2) is 4.98 Å². The summed E-state index contributed by atoms with van der Waals surface area (Å²) in [6.45, 7) is 1.52. The molecule has 26 heavy (non-hydrogen) atoms. The van der Waals surface area contributed by atoms with Gasteiger partial charge < -0.3 is 14.2 Å². The molecule has 2 aliphatic carbocycles. The average molecular weight is 353 g/mol. The van der Waals surface area contributed by atoms with Crippen molar-refractivity contribution in [3.8, 4) is 5.88 Å². The molecule has 1 aliphatic heterocycles. The Hall–Kier alpha value is -2.44. The predicted molar refractivity (Wildman–Crippen MR) is 94.0 cm³/mol. The Balaban J connectivity index is 1.41. The first kappa shape index (κ1) is 15.8. The summed E-state index contributed by atoms with van der Waals surface area (Å²) in [6, 6.07) is 4.10. The molecule has 1 atom stereocenters. The zero-order valence-corrected chi connectivity index (χ0v) is 15.0. The molecule has 2 saturated carbocycles. The molecule has 0 bridgehead atoms. The molecule has 7 heteroatoms. The Labute approximate surface area is 152 Å². The average Bonchev–Trinajstić information content (AvgIpc) is 3.22. The van der Waals surface area contributed by atoms with Crippen molar-refractivity contribution in [1.29, 1.82) is 0 Å². The monoisotopic (exact) mass is 353 g/mol. The van der Waals surface area contributed by atoms with E-state index in [9.17, 15) is 4.79 Å². The lowest BCUT2D eigenvalue weighted by Crippen LogP contribution is -2.38. The van der Waals surface area contributed by atoms with E-state index < -0.39 is 0 Å². The standard InChI is InChI=1S/C19H23N5O2/c1-26-16-6-3-13(9-20-16)18(25)23-10-15(19(11-23)7-2-8-19)17-22-21-12-24(17)14-4-5-14/h3,6,9,12,14-15H,2,4-5,7-8,10-11H2,1H3. The molecule has 2 aromatic rings. The van der Waals surface area contributed by atoms with Gasteiger partial charge in [-0.3, -0.25) is 4.79 Å². The number of nitrogens with zero attached hydrogens (tertiary/aromatic N) is 5. The van der Waals surface area contributed by atoms with Gasteiger partial charge in [-0.15, -0.1) is 10.2 Å². The molecular formula is C19H23N5O2. The van der Waals surface area contributed by atoms with Crippen LogP contribution in [0.25, 0.3) is 0 Å². The van der Waals surface area contributed by atoms with Gasteiger partial charge in [-0.1, -0.05) is 6.42 Å². The number of aromatic nitrogens is 4. The second kappa shape index (κ2) is 5.79. The Bertz CT molecular complexity index is 823. The summed E-state index contributed by atoms with van der Waals surface area (Å²) in [4.78, 5) is 19.2. The third-order valence-corrected chi connectivity index (χ3v) is 6.33. The number of hydrogen-bond donors (Lipinski definition) is 0. The molecule has 3 aliphatic rings. The maximum Gasteiger partial charge on any atom is 0.255 e. The van der Waals surface area contributed by atoms with Crippen LogP contribution in [0.5, 0.6) is 5.88 Å². The summed E-state index contributed by atoms with van der Waals surface area (Å²) in [5.74, 6) is 1.94. The number of ether oxygens (including phenoxy) is 1. The van der Waals surface area contributed by atoms with Gasteiger partial charge >= 0.3 is 0 Å². The summed E-state index contributed by atoms with van der Waals surface area (Å²) in [7, 11) is 1.57. The molecule has 1 amide bonds. The van der Waals surface area contributed by atoms with Gasteiger partial charge in [0.05, 0.1) is 12.7 Å². The predicted octanol–water partition coefficient (Wildman–Crippen LogP) is 2.43. The fourth-order valence-corrected chi connectivity index (χ4v) is 4.56. The Morgan fingerprint density at radius 3 is 2.77 bits per heavy atom. The summed E-state index contributed by atoms with van der Waals surface area (Å²) in [5, 5.41) is 8.66. The lowest BCUT2D eigenvalue weighted by Gasteiger charge is -2.42. The zero-order valence-electron chi connectivity index (χ0n) is 15.0. The minimum absolute atomic E-state index is 0.0476. The molecule has 5 rings (SSSR count). The second-order valence-corrected chi connectivity index (χ2v) is 7.87. The molecule has 0 aromatic carbocycles. The van der Waals surface area contributed by atoms with Gasteiger partial charge in [0.15, 0.2) is 0 Å². The molecule has 7 nitrogen and oxygen atoms in total. The van der Waals surface area contributed by atoms with Crippen molar-refractivity contribution >= 4 is 5.91 Å². The van der Waals surface area contributed by atoms with E-state index in [0.717, 1.165) is 18.9 Å². The summed E-state index contributed by atoms with van der Waals surface area (Å²) < 4.78 is 7.35. The number of carbonyl (C=O) groups excluding carboxylic acids is 1. The van der Waals surface area contributed by atoms with E-state index >= 15 is 0 Å². The van der Waals surface area contributed by atoms with Crippen molar-refractivity contribution in [2.45, 2.75) is 44.1 Å². The first-order valence-electron chi connectivity index (χ1n) is 9.39. The maximum atomic E-state index is 13.0. The summed E-state index contributed by atoms with van der Waals surface area (Å²) in [6.07, 6.45) is 9.47. The van der Waals surface area contributed by atoms with Crippen molar-refractivity contribution in [2.75, 3.05) is 20.2 Å². The number of amides is 1. The van der Waals surface area contributed by atoms with Crippen LogP contribution in [0.3, 0.4) is 0 Å². The van der Waals surface area contributed by atoms with E-state index in [4.69, 9.17) is 4.74 Å². The van der Waals surface area contributed by atoms with Crippen molar-refractivity contribution in [2.24, 2.45) is 5.41 Å². The molecule has 2 aromatic heterocycles. The third kappa shape index (κ3) is 2.40. The van der Waals surface area contributed by atoms with Crippen LogP contribution >= 0.6 is 0 Å². The molecule has 1 unspecified atom stereocenters. The first-order valence-corrected chi connectivity index (χ1v) is 9.39. The van der Waals surface area contributed by atoms with E-state index in [1.54, 1.807) is 25.4 Å². The van der Waals surface area contributed by atoms with E-state index in [-0.39, 0.29) is 17.2 Å². The minimum atomic E-state index is 0.0476. The number of likely N-dealkylation sites (tertiary alicyclic amines) is 1. The van der Waals surface area contributed by atoms with E-state index in [1.807, 2.05) is 11.2 Å². The molecule has 3 fully saturated rings. The Kier molecular flexibility index (Phi) is 3.52. The highest BCUT2D eigenvalue weighted by molar-refractivity contribution is 5.94. The minimum Gasteiger partial charge on any atom is -0.481 e. The van der Waals surface area contributed by atoms with Gasteiger partial charge in [0.2, 0.25) is 5.88 Å². The highest BCUT2D eigenvalue weighted by atomic mass is 16.5. The number of carbonyl (C=O) groups is 1. The summed E-state index contributed by atoms with van der Waals surface area (Å²) in [5.41, 5.74) is 0.791. The molecule has 0 N–H and O–H groups in total. The lowest BCUT2D eigenvalue weighted by atomic mass is 9.62. The van der Waals surface area contributed by atoms with Crippen LogP contribution in [-0.2, 0) is 0 Å². The van der Waals surface area contributed by atoms with Gasteiger partial charge in [0, 0.05) is 37.3 Å². The number of hydrogen-bond acceptors (Lipinski definition) is 5. The van der Waals surface area contributed by atoms with Crippen LogP contribution in [0.2, 0.25) is 0 Å². The van der Waals surface area contributed by atoms with E-state index in [2.05, 4.69) is 19.7 Å². The van der Waals surface area contributed by atoms with Crippen LogP contribution in [0.15, 0.2) is 24.7 Å². The second-order valence-electron chi connectivity index (χ2n) is 7.87. The molecule has 3 heterocycles. The van der Waals surface area contributed by atoms with Crippen LogP contribution in [0.1, 0.15) is 60.2 Å². The number of pyridine rings is 1. The smallest absolute Gasteiger partial charge is 0.255 e. The fraction of sp³-hybridized carbons (Fsp3) is 0.579. The quantitative estimate of drug-likeness (QED) is 0.844. The van der Waals surface area contributed by atoms with Crippen LogP contribution in [-0.4, -0.2) is 50.8 Å². The fourth-order valence-electron chi connectivity index (χ4n) is 4.56. The van der Waals surface area contributed by atoms with Gasteiger partial charge in [-0.05, 0) is 37.2 Å². The van der Waals surface area contributed by atoms with Crippen LogP contribution in [0.4, 0.5) is 0 Å². The topological polar surface area (TPSA) is 73.1 Å². The molecule has 1 saturated heterocycles. The van der Waals surface area contributed by atoms with Crippen molar-refractivity contribution < 1.29 is 9.53 Å². The summed E-state index contributed by atoms with van der Waals surface area (Å²) >= 11 is 0. The highest BCUT2D eigenvalue weighted by Crippen LogP contribution is 2.56. The Morgan fingerprint density at radius 1 is 1.31 bits per heavy atom. The van der Waals surface area contributed by atoms with Crippen molar-refractivity contribution in [1.82, 2.24) is 24.6 Å². The molecular weight excluding hydrogens is 330 g/mol. The molecule has 1 spiro atoms. The zero-order chi connectivity index (χ0) is 17.7. The van der Waals surface area contributed by atoms with E-state index in [0.29, 0.717) is 17.5 Å². The SMILES string of the molecule is COc1ccc(C(=O)N2CC(c3nncn3C3CC3)C3(CCC3)C2)cn1. The highest BCUT2D eigenvalue weighted by Gasteiger charge is 2.54.